The molecular weight excluding hydrogens is 436 g/mol. The van der Waals surface area contributed by atoms with Gasteiger partial charge in [0.05, 0.1) is 0 Å². The molecule has 1 amide bonds. The fourth-order valence-electron chi connectivity index (χ4n) is 2.96. The van der Waals surface area contributed by atoms with Crippen molar-refractivity contribution in [3.05, 3.63) is 59.1 Å². The molecule has 4 aromatic rings. The van der Waals surface area contributed by atoms with Crippen molar-refractivity contribution in [2.24, 2.45) is 0 Å². The number of hydrogen-bond donors (Lipinski definition) is 2. The van der Waals surface area contributed by atoms with Crippen LogP contribution < -0.4 is 11.1 Å². The number of amides is 1. The van der Waals surface area contributed by atoms with Gasteiger partial charge in [-0.1, -0.05) is 52.7 Å². The summed E-state index contributed by atoms with van der Waals surface area (Å²) in [5.74, 6) is 0.679. The lowest BCUT2D eigenvalue weighted by atomic mass is 10.1. The van der Waals surface area contributed by atoms with Gasteiger partial charge in [0.25, 0.3) is 5.89 Å². The second-order valence-corrected chi connectivity index (χ2v) is 8.01. The summed E-state index contributed by atoms with van der Waals surface area (Å²) in [5, 5.41) is 12.4. The fraction of sp³-hybridized carbons (Fsp3) is 0.143. The molecule has 0 saturated carbocycles. The number of nitrogens with one attached hydrogen (secondary N) is 1. The summed E-state index contributed by atoms with van der Waals surface area (Å²) in [7, 11) is 0. The Morgan fingerprint density at radius 2 is 2.03 bits per heavy atom. The third-order valence-electron chi connectivity index (χ3n) is 4.50. The number of nitrogen functional groups attached to an aromatic ring is 1. The van der Waals surface area contributed by atoms with Crippen LogP contribution in [0.5, 0.6) is 0 Å². The predicted molar refractivity (Wildman–Crippen MR) is 122 cm³/mol. The van der Waals surface area contributed by atoms with Gasteiger partial charge in [-0.25, -0.2) is 4.68 Å². The molecule has 158 valence electrons. The van der Waals surface area contributed by atoms with E-state index in [0.29, 0.717) is 27.1 Å². The number of carbonyl (C=O) groups excluding carboxylic acids is 1. The van der Waals surface area contributed by atoms with Gasteiger partial charge >= 0.3 is 0 Å². The fourth-order valence-corrected chi connectivity index (χ4v) is 3.73. The number of halogens is 1. The molecule has 0 unspecified atom stereocenters. The van der Waals surface area contributed by atoms with Gasteiger partial charge in [0.2, 0.25) is 11.7 Å². The van der Waals surface area contributed by atoms with E-state index in [2.05, 4.69) is 20.6 Å². The van der Waals surface area contributed by atoms with E-state index in [-0.39, 0.29) is 24.2 Å². The number of thioether (sulfide) groups is 1. The van der Waals surface area contributed by atoms with Gasteiger partial charge in [-0.15, -0.1) is 11.8 Å². The minimum atomic E-state index is -0.290. The molecule has 2 aromatic heterocycles. The first-order chi connectivity index (χ1) is 14.9. The lowest BCUT2D eigenvalue weighted by molar-refractivity contribution is -0.116. The minimum absolute atomic E-state index is 0.0785. The van der Waals surface area contributed by atoms with Crippen molar-refractivity contribution >= 4 is 40.8 Å². The summed E-state index contributed by atoms with van der Waals surface area (Å²) in [4.78, 5) is 17.0. The molecule has 0 aliphatic heterocycles. The smallest absolute Gasteiger partial charge is 0.264 e. The van der Waals surface area contributed by atoms with Gasteiger partial charge in [0.1, 0.15) is 23.0 Å². The molecule has 0 saturated heterocycles. The molecule has 0 bridgehead atoms. The Bertz CT molecular complexity index is 1240. The van der Waals surface area contributed by atoms with E-state index in [0.717, 1.165) is 11.1 Å². The normalized spacial score (nSPS) is 10.9. The number of hydrogen-bond acceptors (Lipinski definition) is 7. The molecule has 0 spiro atoms. The molecule has 4 rings (SSSR count). The van der Waals surface area contributed by atoms with Crippen LogP contribution in [-0.4, -0.2) is 32.1 Å². The van der Waals surface area contributed by atoms with Crippen molar-refractivity contribution < 1.29 is 9.32 Å². The molecule has 0 fully saturated rings. The topological polar surface area (TPSA) is 112 Å². The van der Waals surface area contributed by atoms with Crippen molar-refractivity contribution in [3.8, 4) is 22.8 Å². The molecule has 10 heteroatoms. The quantitative estimate of drug-likeness (QED) is 0.412. The van der Waals surface area contributed by atoms with Crippen LogP contribution in [-0.2, 0) is 11.3 Å². The SMILES string of the molecule is CSc1nn(CC(=O)Nc2cccc(Cl)c2)c(N)c1-c1nc(-c2ccc(C)cc2)no1. The highest BCUT2D eigenvalue weighted by Gasteiger charge is 2.23. The van der Waals surface area contributed by atoms with Crippen LogP contribution in [0.15, 0.2) is 58.1 Å². The maximum Gasteiger partial charge on any atom is 0.264 e. The maximum atomic E-state index is 12.5. The zero-order valence-corrected chi connectivity index (χ0v) is 18.4. The van der Waals surface area contributed by atoms with Crippen molar-refractivity contribution in [3.63, 3.8) is 0 Å². The number of rotatable bonds is 6. The number of aryl methyl sites for hydroxylation is 1. The van der Waals surface area contributed by atoms with E-state index in [1.165, 1.54) is 16.4 Å². The van der Waals surface area contributed by atoms with E-state index >= 15 is 0 Å². The second kappa shape index (κ2) is 8.83. The molecule has 2 heterocycles. The van der Waals surface area contributed by atoms with Crippen molar-refractivity contribution in [2.75, 3.05) is 17.3 Å². The highest BCUT2D eigenvalue weighted by Crippen LogP contribution is 2.34. The first kappa shape index (κ1) is 21.0. The van der Waals surface area contributed by atoms with Gasteiger partial charge in [-0.2, -0.15) is 10.1 Å². The molecule has 0 aliphatic rings. The van der Waals surface area contributed by atoms with Crippen LogP contribution in [0.3, 0.4) is 0 Å². The van der Waals surface area contributed by atoms with E-state index in [1.807, 2.05) is 37.4 Å². The van der Waals surface area contributed by atoms with Gasteiger partial charge in [-0.3, -0.25) is 4.79 Å². The summed E-state index contributed by atoms with van der Waals surface area (Å²) < 4.78 is 6.88. The maximum absolute atomic E-state index is 12.5. The lowest BCUT2D eigenvalue weighted by Gasteiger charge is -2.07. The highest BCUT2D eigenvalue weighted by atomic mass is 35.5. The average Bonchev–Trinajstić information content (AvgIpc) is 3.33. The first-order valence-electron chi connectivity index (χ1n) is 9.31. The lowest BCUT2D eigenvalue weighted by Crippen LogP contribution is -2.20. The van der Waals surface area contributed by atoms with Gasteiger partial charge < -0.3 is 15.6 Å². The third-order valence-corrected chi connectivity index (χ3v) is 5.41. The number of anilines is 2. The van der Waals surface area contributed by atoms with Crippen LogP contribution in [0.4, 0.5) is 11.5 Å². The van der Waals surface area contributed by atoms with Crippen LogP contribution in [0.2, 0.25) is 5.02 Å². The van der Waals surface area contributed by atoms with E-state index < -0.39 is 0 Å². The molecule has 31 heavy (non-hydrogen) atoms. The Morgan fingerprint density at radius 1 is 1.26 bits per heavy atom. The van der Waals surface area contributed by atoms with Crippen LogP contribution in [0.25, 0.3) is 22.8 Å². The molecule has 0 atom stereocenters. The molecule has 0 aliphatic carbocycles. The Labute approximate surface area is 187 Å². The minimum Gasteiger partial charge on any atom is -0.383 e. The van der Waals surface area contributed by atoms with Gasteiger partial charge in [0.15, 0.2) is 0 Å². The van der Waals surface area contributed by atoms with Crippen LogP contribution in [0, 0.1) is 6.92 Å². The van der Waals surface area contributed by atoms with E-state index in [1.54, 1.807) is 24.3 Å². The standard InChI is InChI=1S/C21H19ClN6O2S/c1-12-6-8-13(9-7-12)19-25-20(30-27-19)17-18(23)28(26-21(17)31-2)11-16(29)24-15-5-3-4-14(22)10-15/h3-10H,11,23H2,1-2H3,(H,24,29). The second-order valence-electron chi connectivity index (χ2n) is 6.77. The Balaban J connectivity index is 1.58. The number of aromatic nitrogens is 4. The predicted octanol–water partition coefficient (Wildman–Crippen LogP) is 4.50. The first-order valence-corrected chi connectivity index (χ1v) is 10.9. The highest BCUT2D eigenvalue weighted by molar-refractivity contribution is 7.98. The molecule has 2 aromatic carbocycles. The number of carbonyl (C=O) groups is 1. The number of nitrogens with two attached hydrogens (primary N) is 1. The Hall–Kier alpha value is -3.30. The number of benzene rings is 2. The van der Waals surface area contributed by atoms with Crippen molar-refractivity contribution in [2.45, 2.75) is 18.5 Å². The monoisotopic (exact) mass is 454 g/mol. The third kappa shape index (κ3) is 4.57. The number of nitrogens with zero attached hydrogens (tertiary/aromatic N) is 4. The summed E-state index contributed by atoms with van der Waals surface area (Å²) in [6.07, 6.45) is 1.86. The van der Waals surface area contributed by atoms with Crippen LogP contribution in [0.1, 0.15) is 5.56 Å². The molecular formula is C21H19ClN6O2S. The van der Waals surface area contributed by atoms with E-state index in [4.69, 9.17) is 21.9 Å². The zero-order valence-electron chi connectivity index (χ0n) is 16.8. The Morgan fingerprint density at radius 3 is 2.74 bits per heavy atom. The largest absolute Gasteiger partial charge is 0.383 e. The molecule has 8 nitrogen and oxygen atoms in total. The summed E-state index contributed by atoms with van der Waals surface area (Å²) in [6.45, 7) is 1.93. The van der Waals surface area contributed by atoms with Crippen LogP contribution >= 0.6 is 23.4 Å². The molecule has 3 N–H and O–H groups in total. The Kier molecular flexibility index (Phi) is 5.97. The summed E-state index contributed by atoms with van der Waals surface area (Å²) >= 11 is 7.34. The van der Waals surface area contributed by atoms with Gasteiger partial charge in [0, 0.05) is 16.3 Å². The van der Waals surface area contributed by atoms with Crippen molar-refractivity contribution in [1.82, 2.24) is 19.9 Å². The summed E-state index contributed by atoms with van der Waals surface area (Å²) in [5.41, 5.74) is 9.37. The average molecular weight is 455 g/mol. The van der Waals surface area contributed by atoms with E-state index in [9.17, 15) is 4.79 Å². The van der Waals surface area contributed by atoms with Gasteiger partial charge in [-0.05, 0) is 31.4 Å². The molecule has 0 radical (unpaired) electrons. The zero-order chi connectivity index (χ0) is 22.0. The van der Waals surface area contributed by atoms with Crippen molar-refractivity contribution in [1.29, 1.82) is 0 Å². The summed E-state index contributed by atoms with van der Waals surface area (Å²) in [6, 6.07) is 14.7.